The third-order valence-corrected chi connectivity index (χ3v) is 3.55. The summed E-state index contributed by atoms with van der Waals surface area (Å²) in [7, 11) is 0. The summed E-state index contributed by atoms with van der Waals surface area (Å²) in [5, 5.41) is 3.20. The molecule has 0 spiro atoms. The number of anilines is 1. The van der Waals surface area contributed by atoms with Gasteiger partial charge in [0.25, 0.3) is 0 Å². The summed E-state index contributed by atoms with van der Waals surface area (Å²) in [6.45, 7) is 6.69. The lowest BCUT2D eigenvalue weighted by atomic mass is 10.2. The van der Waals surface area contributed by atoms with E-state index >= 15 is 0 Å². The van der Waals surface area contributed by atoms with Crippen molar-refractivity contribution >= 4 is 21.7 Å². The first-order valence-electron chi connectivity index (χ1n) is 6.07. The number of nitrogens with one attached hydrogen (secondary N) is 1. The van der Waals surface area contributed by atoms with E-state index in [-0.39, 0.29) is 5.82 Å². The van der Waals surface area contributed by atoms with Gasteiger partial charge in [-0.15, -0.1) is 0 Å². The largest absolute Gasteiger partial charge is 0.370 e. The van der Waals surface area contributed by atoms with Gasteiger partial charge in [0.1, 0.15) is 11.6 Å². The third-order valence-electron chi connectivity index (χ3n) is 2.91. The minimum absolute atomic E-state index is 0.315. The zero-order valence-corrected chi connectivity index (χ0v) is 12.7. The number of hydrogen-bond acceptors (Lipinski definition) is 3. The van der Waals surface area contributed by atoms with Crippen LogP contribution in [0.2, 0.25) is 0 Å². The highest BCUT2D eigenvalue weighted by atomic mass is 79.9. The Hall–Kier alpha value is -1.49. The number of nitrogens with zero attached hydrogens (tertiary/aromatic N) is 2. The van der Waals surface area contributed by atoms with Crippen molar-refractivity contribution in [2.24, 2.45) is 0 Å². The maximum atomic E-state index is 13.6. The molecule has 2 rings (SSSR count). The molecule has 100 valence electrons. The number of hydrogen-bond donors (Lipinski definition) is 1. The Morgan fingerprint density at radius 2 is 2.00 bits per heavy atom. The standard InChI is InChI=1S/C14H15BrFN3/c1-4-17-13-8(2)9(3)18-14(19-13)10-5-6-11(15)12(16)7-10/h5-7H,4H2,1-3H3,(H,17,18,19). The molecule has 0 unspecified atom stereocenters. The van der Waals surface area contributed by atoms with Crippen molar-refractivity contribution in [3.63, 3.8) is 0 Å². The smallest absolute Gasteiger partial charge is 0.161 e. The molecule has 19 heavy (non-hydrogen) atoms. The van der Waals surface area contributed by atoms with Gasteiger partial charge in [-0.05, 0) is 54.9 Å². The van der Waals surface area contributed by atoms with Crippen LogP contribution in [-0.2, 0) is 0 Å². The first-order valence-corrected chi connectivity index (χ1v) is 6.86. The van der Waals surface area contributed by atoms with Crippen LogP contribution in [0.1, 0.15) is 18.2 Å². The summed E-state index contributed by atoms with van der Waals surface area (Å²) in [5.74, 6) is 1.02. The van der Waals surface area contributed by atoms with E-state index in [1.165, 1.54) is 6.07 Å². The summed E-state index contributed by atoms with van der Waals surface area (Å²) in [5.41, 5.74) is 2.58. The van der Waals surface area contributed by atoms with E-state index in [4.69, 9.17) is 0 Å². The zero-order chi connectivity index (χ0) is 14.0. The Balaban J connectivity index is 2.52. The molecule has 1 aromatic carbocycles. The molecule has 1 aromatic heterocycles. The molecule has 0 bridgehead atoms. The molecule has 0 aliphatic heterocycles. The van der Waals surface area contributed by atoms with Crippen LogP contribution in [0, 0.1) is 19.7 Å². The molecular formula is C14H15BrFN3. The predicted octanol–water partition coefficient (Wildman–Crippen LogP) is 4.09. The lowest BCUT2D eigenvalue weighted by Gasteiger charge is -2.11. The van der Waals surface area contributed by atoms with Crippen LogP contribution in [0.15, 0.2) is 22.7 Å². The van der Waals surface area contributed by atoms with Gasteiger partial charge >= 0.3 is 0 Å². The second kappa shape index (κ2) is 5.65. The van der Waals surface area contributed by atoms with Crippen molar-refractivity contribution in [3.8, 4) is 11.4 Å². The van der Waals surface area contributed by atoms with Gasteiger partial charge in [0, 0.05) is 23.4 Å². The highest BCUT2D eigenvalue weighted by Crippen LogP contribution is 2.25. The average Bonchev–Trinajstić information content (AvgIpc) is 2.38. The zero-order valence-electron chi connectivity index (χ0n) is 11.1. The molecule has 0 saturated heterocycles. The van der Waals surface area contributed by atoms with E-state index < -0.39 is 0 Å². The normalized spacial score (nSPS) is 10.6. The van der Waals surface area contributed by atoms with Crippen molar-refractivity contribution in [2.45, 2.75) is 20.8 Å². The van der Waals surface area contributed by atoms with Gasteiger partial charge in [-0.25, -0.2) is 14.4 Å². The van der Waals surface area contributed by atoms with Crippen LogP contribution in [0.5, 0.6) is 0 Å². The van der Waals surface area contributed by atoms with Crippen molar-refractivity contribution in [3.05, 3.63) is 39.7 Å². The second-order valence-electron chi connectivity index (χ2n) is 4.27. The third kappa shape index (κ3) is 2.92. The van der Waals surface area contributed by atoms with Gasteiger partial charge in [0.2, 0.25) is 0 Å². The molecule has 0 amide bonds. The van der Waals surface area contributed by atoms with Crippen molar-refractivity contribution < 1.29 is 4.39 Å². The highest BCUT2D eigenvalue weighted by molar-refractivity contribution is 9.10. The van der Waals surface area contributed by atoms with Crippen LogP contribution >= 0.6 is 15.9 Å². The molecule has 2 aromatic rings. The quantitative estimate of drug-likeness (QED) is 0.924. The molecule has 0 radical (unpaired) electrons. The molecule has 0 atom stereocenters. The lowest BCUT2D eigenvalue weighted by molar-refractivity contribution is 0.621. The predicted molar refractivity (Wildman–Crippen MR) is 78.8 cm³/mol. The van der Waals surface area contributed by atoms with Crippen LogP contribution < -0.4 is 5.32 Å². The molecule has 0 aliphatic rings. The molecule has 0 aliphatic carbocycles. The number of aryl methyl sites for hydroxylation is 1. The Labute approximate surface area is 120 Å². The lowest BCUT2D eigenvalue weighted by Crippen LogP contribution is -2.06. The SMILES string of the molecule is CCNc1nc(-c2ccc(Br)c(F)c2)nc(C)c1C. The van der Waals surface area contributed by atoms with Gasteiger partial charge in [0.05, 0.1) is 4.47 Å². The maximum absolute atomic E-state index is 13.6. The van der Waals surface area contributed by atoms with Crippen LogP contribution in [0.4, 0.5) is 10.2 Å². The number of benzene rings is 1. The van der Waals surface area contributed by atoms with E-state index in [9.17, 15) is 4.39 Å². The van der Waals surface area contributed by atoms with Gasteiger partial charge in [-0.2, -0.15) is 0 Å². The molecule has 1 heterocycles. The maximum Gasteiger partial charge on any atom is 0.161 e. The Kier molecular flexibility index (Phi) is 4.14. The fraction of sp³-hybridized carbons (Fsp3) is 0.286. The number of halogens is 2. The monoisotopic (exact) mass is 323 g/mol. The summed E-state index contributed by atoms with van der Waals surface area (Å²) >= 11 is 3.14. The fourth-order valence-corrected chi connectivity index (χ4v) is 1.98. The first kappa shape index (κ1) is 13.9. The molecule has 0 fully saturated rings. The van der Waals surface area contributed by atoms with Crippen LogP contribution in [-0.4, -0.2) is 16.5 Å². The van der Waals surface area contributed by atoms with Crippen molar-refractivity contribution in [1.29, 1.82) is 0 Å². The Morgan fingerprint density at radius 1 is 1.26 bits per heavy atom. The molecular weight excluding hydrogens is 309 g/mol. The first-order chi connectivity index (χ1) is 9.02. The summed E-state index contributed by atoms with van der Waals surface area (Å²) in [4.78, 5) is 8.88. The van der Waals surface area contributed by atoms with Crippen molar-refractivity contribution in [1.82, 2.24) is 9.97 Å². The number of aromatic nitrogens is 2. The molecule has 0 saturated carbocycles. The summed E-state index contributed by atoms with van der Waals surface area (Å²) in [6, 6.07) is 4.90. The van der Waals surface area contributed by atoms with E-state index in [0.29, 0.717) is 15.9 Å². The van der Waals surface area contributed by atoms with E-state index in [1.54, 1.807) is 12.1 Å². The van der Waals surface area contributed by atoms with Crippen LogP contribution in [0.25, 0.3) is 11.4 Å². The van der Waals surface area contributed by atoms with Gasteiger partial charge in [0.15, 0.2) is 5.82 Å². The topological polar surface area (TPSA) is 37.8 Å². The Bertz CT molecular complexity index is 614. The van der Waals surface area contributed by atoms with Gasteiger partial charge < -0.3 is 5.32 Å². The molecule has 5 heteroatoms. The van der Waals surface area contributed by atoms with Crippen molar-refractivity contribution in [2.75, 3.05) is 11.9 Å². The van der Waals surface area contributed by atoms with E-state index in [0.717, 1.165) is 23.6 Å². The number of rotatable bonds is 3. The summed E-state index contributed by atoms with van der Waals surface area (Å²) in [6.07, 6.45) is 0. The average molecular weight is 324 g/mol. The summed E-state index contributed by atoms with van der Waals surface area (Å²) < 4.78 is 14.0. The molecule has 3 nitrogen and oxygen atoms in total. The van der Waals surface area contributed by atoms with E-state index in [1.807, 2.05) is 20.8 Å². The minimum Gasteiger partial charge on any atom is -0.370 e. The minimum atomic E-state index is -0.315. The second-order valence-corrected chi connectivity index (χ2v) is 5.12. The Morgan fingerprint density at radius 3 is 2.63 bits per heavy atom. The van der Waals surface area contributed by atoms with E-state index in [2.05, 4.69) is 31.2 Å². The van der Waals surface area contributed by atoms with Crippen LogP contribution in [0.3, 0.4) is 0 Å². The van der Waals surface area contributed by atoms with Gasteiger partial charge in [-0.1, -0.05) is 0 Å². The fourth-order valence-electron chi connectivity index (χ4n) is 1.73. The highest BCUT2D eigenvalue weighted by Gasteiger charge is 2.10. The van der Waals surface area contributed by atoms with Gasteiger partial charge in [-0.3, -0.25) is 0 Å². The molecule has 1 N–H and O–H groups in total.